The molecule has 0 N–H and O–H groups in total. The Labute approximate surface area is 53.9 Å². The van der Waals surface area contributed by atoms with Gasteiger partial charge in [-0.3, -0.25) is 0 Å². The highest BCUT2D eigenvalue weighted by Gasteiger charge is 1.75. The zero-order chi connectivity index (χ0) is 7.11. The average molecular weight is 121 g/mol. The monoisotopic (exact) mass is 121 g/mol. The first-order valence-electron chi connectivity index (χ1n) is 2.37. The van der Waals surface area contributed by atoms with E-state index in [1.165, 1.54) is 6.08 Å². The van der Waals surface area contributed by atoms with E-state index in [1.807, 2.05) is 0 Å². The van der Waals surface area contributed by atoms with Gasteiger partial charge in [-0.1, -0.05) is 25.3 Å². The topological polar surface area (TPSA) is 29.4 Å². The van der Waals surface area contributed by atoms with Crippen LogP contribution in [0.25, 0.3) is 0 Å². The highest BCUT2D eigenvalue weighted by molar-refractivity contribution is 5.38. The van der Waals surface area contributed by atoms with Crippen molar-refractivity contribution in [3.8, 4) is 0 Å². The third-order valence-corrected chi connectivity index (χ3v) is 0.614. The van der Waals surface area contributed by atoms with Gasteiger partial charge in [-0.25, -0.2) is 4.79 Å². The lowest BCUT2D eigenvalue weighted by Gasteiger charge is -1.78. The summed E-state index contributed by atoms with van der Waals surface area (Å²) in [5.74, 6) is 0. The second-order valence-corrected chi connectivity index (χ2v) is 1.29. The minimum absolute atomic E-state index is 0.380. The van der Waals surface area contributed by atoms with E-state index in [2.05, 4.69) is 18.2 Å². The minimum Gasteiger partial charge on any atom is -0.211 e. The standard InChI is InChI=1S/C7H7NO/c1-3-4-5-7(2)8-6-9/h3-5H,1-2H2/b5-4-. The molecule has 0 saturated carbocycles. The van der Waals surface area contributed by atoms with E-state index in [-0.39, 0.29) is 0 Å². The maximum absolute atomic E-state index is 9.57. The van der Waals surface area contributed by atoms with Crippen molar-refractivity contribution in [1.29, 1.82) is 0 Å². The predicted octanol–water partition coefficient (Wildman–Crippen LogP) is 1.58. The van der Waals surface area contributed by atoms with Crippen LogP contribution >= 0.6 is 0 Å². The first-order valence-corrected chi connectivity index (χ1v) is 2.37. The molecule has 0 aromatic carbocycles. The third-order valence-electron chi connectivity index (χ3n) is 0.614. The van der Waals surface area contributed by atoms with Crippen molar-refractivity contribution < 1.29 is 4.79 Å². The molecule has 0 radical (unpaired) electrons. The van der Waals surface area contributed by atoms with Gasteiger partial charge in [0.15, 0.2) is 0 Å². The van der Waals surface area contributed by atoms with Crippen molar-refractivity contribution in [1.82, 2.24) is 0 Å². The zero-order valence-corrected chi connectivity index (χ0v) is 5.00. The van der Waals surface area contributed by atoms with Crippen LogP contribution in [-0.2, 0) is 4.79 Å². The summed E-state index contributed by atoms with van der Waals surface area (Å²) < 4.78 is 0. The van der Waals surface area contributed by atoms with Crippen LogP contribution in [0.1, 0.15) is 0 Å². The molecule has 0 amide bonds. The van der Waals surface area contributed by atoms with Gasteiger partial charge in [0.1, 0.15) is 0 Å². The fourth-order valence-electron chi connectivity index (χ4n) is 0.275. The molecule has 0 rings (SSSR count). The molecule has 0 aliphatic rings. The Hall–Kier alpha value is -1.40. The molecule has 0 atom stereocenters. The molecule has 0 aliphatic heterocycles. The van der Waals surface area contributed by atoms with Crippen LogP contribution < -0.4 is 0 Å². The van der Waals surface area contributed by atoms with Gasteiger partial charge in [0.05, 0.1) is 5.70 Å². The summed E-state index contributed by atoms with van der Waals surface area (Å²) in [6, 6.07) is 0. The van der Waals surface area contributed by atoms with Crippen LogP contribution in [0, 0.1) is 0 Å². The van der Waals surface area contributed by atoms with E-state index in [0.29, 0.717) is 5.70 Å². The number of aliphatic imine (C=N–C) groups is 1. The molecule has 2 nitrogen and oxygen atoms in total. The van der Waals surface area contributed by atoms with Crippen LogP contribution in [0.3, 0.4) is 0 Å². The molecular weight excluding hydrogens is 114 g/mol. The van der Waals surface area contributed by atoms with Crippen molar-refractivity contribution in [2.75, 3.05) is 0 Å². The first-order chi connectivity index (χ1) is 4.31. The Morgan fingerprint density at radius 2 is 2.33 bits per heavy atom. The summed E-state index contributed by atoms with van der Waals surface area (Å²) >= 11 is 0. The minimum atomic E-state index is 0.380. The SMILES string of the molecule is C=C/C=C\C(=C)N=C=O. The average Bonchev–Trinajstić information content (AvgIpc) is 1.85. The number of carbonyl (C=O) groups excluding carboxylic acids is 1. The van der Waals surface area contributed by atoms with E-state index in [9.17, 15) is 4.79 Å². The van der Waals surface area contributed by atoms with E-state index < -0.39 is 0 Å². The number of hydrogen-bond donors (Lipinski definition) is 0. The van der Waals surface area contributed by atoms with Gasteiger partial charge in [-0.2, -0.15) is 4.99 Å². The van der Waals surface area contributed by atoms with E-state index >= 15 is 0 Å². The lowest BCUT2D eigenvalue weighted by molar-refractivity contribution is 0.565. The zero-order valence-electron chi connectivity index (χ0n) is 5.00. The molecule has 0 spiro atoms. The van der Waals surface area contributed by atoms with Crippen molar-refractivity contribution in [2.24, 2.45) is 4.99 Å². The largest absolute Gasteiger partial charge is 0.240 e. The highest BCUT2D eigenvalue weighted by atomic mass is 16.1. The third kappa shape index (κ3) is 4.45. The number of rotatable bonds is 3. The Bertz CT molecular complexity index is 185. The Kier molecular flexibility index (Phi) is 4.01. The second-order valence-electron chi connectivity index (χ2n) is 1.29. The molecule has 2 heteroatoms. The van der Waals surface area contributed by atoms with Gasteiger partial charge < -0.3 is 0 Å². The maximum atomic E-state index is 9.57. The molecule has 0 saturated heterocycles. The van der Waals surface area contributed by atoms with Crippen molar-refractivity contribution >= 4 is 6.08 Å². The molecule has 46 valence electrons. The number of hydrogen-bond acceptors (Lipinski definition) is 2. The van der Waals surface area contributed by atoms with Crippen molar-refractivity contribution in [2.45, 2.75) is 0 Å². The molecule has 0 unspecified atom stereocenters. The predicted molar refractivity (Wildman–Crippen MR) is 36.6 cm³/mol. The first kappa shape index (κ1) is 7.60. The van der Waals surface area contributed by atoms with E-state index in [1.54, 1.807) is 18.2 Å². The quantitative estimate of drug-likeness (QED) is 0.316. The molecule has 0 aromatic rings. The smallest absolute Gasteiger partial charge is 0.211 e. The molecule has 0 aromatic heterocycles. The number of isocyanates is 1. The van der Waals surface area contributed by atoms with Gasteiger partial charge in [0.2, 0.25) is 6.08 Å². The Morgan fingerprint density at radius 3 is 2.78 bits per heavy atom. The summed E-state index contributed by atoms with van der Waals surface area (Å²) in [5, 5.41) is 0. The van der Waals surface area contributed by atoms with Gasteiger partial charge >= 0.3 is 0 Å². The summed E-state index contributed by atoms with van der Waals surface area (Å²) in [5.41, 5.74) is 0.380. The Morgan fingerprint density at radius 1 is 1.67 bits per heavy atom. The molecule has 9 heavy (non-hydrogen) atoms. The van der Waals surface area contributed by atoms with E-state index in [0.717, 1.165) is 0 Å². The van der Waals surface area contributed by atoms with Crippen LogP contribution in [0.15, 0.2) is 42.1 Å². The van der Waals surface area contributed by atoms with Crippen LogP contribution in [-0.4, -0.2) is 6.08 Å². The van der Waals surface area contributed by atoms with Crippen molar-refractivity contribution in [3.63, 3.8) is 0 Å². The normalized spacial score (nSPS) is 8.44. The fourth-order valence-corrected chi connectivity index (χ4v) is 0.275. The molecule has 0 bridgehead atoms. The lowest BCUT2D eigenvalue weighted by atomic mass is 10.4. The van der Waals surface area contributed by atoms with Crippen LogP contribution in [0.5, 0.6) is 0 Å². The molecule has 0 fully saturated rings. The van der Waals surface area contributed by atoms with E-state index in [4.69, 9.17) is 0 Å². The molecular formula is C7H7NO. The van der Waals surface area contributed by atoms with Gasteiger partial charge in [-0.05, 0) is 6.08 Å². The van der Waals surface area contributed by atoms with Crippen LogP contribution in [0.4, 0.5) is 0 Å². The van der Waals surface area contributed by atoms with Crippen LogP contribution in [0.2, 0.25) is 0 Å². The number of allylic oxidation sites excluding steroid dienone is 3. The number of nitrogens with zero attached hydrogens (tertiary/aromatic N) is 1. The fraction of sp³-hybridized carbons (Fsp3) is 0. The second kappa shape index (κ2) is 4.75. The van der Waals surface area contributed by atoms with Gasteiger partial charge in [0, 0.05) is 0 Å². The molecule has 0 aliphatic carbocycles. The Balaban J connectivity index is 3.91. The maximum Gasteiger partial charge on any atom is 0.240 e. The van der Waals surface area contributed by atoms with Gasteiger partial charge in [0.25, 0.3) is 0 Å². The molecule has 0 heterocycles. The summed E-state index contributed by atoms with van der Waals surface area (Å²) in [6.45, 7) is 6.84. The highest BCUT2D eigenvalue weighted by Crippen LogP contribution is 1.91. The summed E-state index contributed by atoms with van der Waals surface area (Å²) in [4.78, 5) is 12.8. The summed E-state index contributed by atoms with van der Waals surface area (Å²) in [6.07, 6.45) is 6.15. The summed E-state index contributed by atoms with van der Waals surface area (Å²) in [7, 11) is 0. The van der Waals surface area contributed by atoms with Crippen molar-refractivity contribution in [3.05, 3.63) is 37.1 Å². The van der Waals surface area contributed by atoms with Gasteiger partial charge in [-0.15, -0.1) is 0 Å². The lowest BCUT2D eigenvalue weighted by Crippen LogP contribution is -1.63.